The van der Waals surface area contributed by atoms with Crippen LogP contribution in [0.5, 0.6) is 0 Å². The molecule has 108 valence electrons. The third-order valence-electron chi connectivity index (χ3n) is 3.75. The van der Waals surface area contributed by atoms with Crippen LogP contribution in [0.15, 0.2) is 4.47 Å². The number of aromatic nitrogens is 2. The molecule has 1 fully saturated rings. The number of nitrogens with one attached hydrogen (secondary N) is 1. The second-order valence-corrected chi connectivity index (χ2v) is 5.87. The van der Waals surface area contributed by atoms with Crippen LogP contribution in [0.4, 0.5) is 0 Å². The Morgan fingerprint density at radius 2 is 2.32 bits per heavy atom. The predicted molar refractivity (Wildman–Crippen MR) is 80.5 cm³/mol. The van der Waals surface area contributed by atoms with Gasteiger partial charge >= 0.3 is 0 Å². The van der Waals surface area contributed by atoms with Crippen LogP contribution < -0.4 is 5.32 Å². The minimum absolute atomic E-state index is 0.340. The van der Waals surface area contributed by atoms with Gasteiger partial charge in [-0.1, -0.05) is 6.92 Å². The summed E-state index contributed by atoms with van der Waals surface area (Å²) in [5.41, 5.74) is 2.35. The molecule has 0 aromatic carbocycles. The first-order valence-corrected chi connectivity index (χ1v) is 8.03. The summed E-state index contributed by atoms with van der Waals surface area (Å²) in [6.07, 6.45) is 3.65. The smallest absolute Gasteiger partial charge is 0.0738 e. The topological polar surface area (TPSA) is 39.1 Å². The van der Waals surface area contributed by atoms with E-state index in [0.29, 0.717) is 12.1 Å². The van der Waals surface area contributed by atoms with Crippen LogP contribution in [0.2, 0.25) is 0 Å². The largest absolute Gasteiger partial charge is 0.377 e. The predicted octanol–water partition coefficient (Wildman–Crippen LogP) is 2.67. The van der Waals surface area contributed by atoms with Gasteiger partial charge in [-0.25, -0.2) is 0 Å². The van der Waals surface area contributed by atoms with Crippen molar-refractivity contribution in [2.75, 3.05) is 13.2 Å². The standard InChI is InChI=1S/C14H24BrN3O/c1-4-16-11(13-7-6-8-19-13)9-12-14(15)10(3)17-18(12)5-2/h11,13,16H,4-9H2,1-3H3. The molecule has 1 aromatic rings. The zero-order valence-corrected chi connectivity index (χ0v) is 13.7. The third kappa shape index (κ3) is 3.38. The fourth-order valence-corrected chi connectivity index (χ4v) is 3.24. The van der Waals surface area contributed by atoms with Crippen LogP contribution in [0.1, 0.15) is 38.1 Å². The van der Waals surface area contributed by atoms with Crippen molar-refractivity contribution >= 4 is 15.9 Å². The van der Waals surface area contributed by atoms with Gasteiger partial charge in [0.1, 0.15) is 0 Å². The van der Waals surface area contributed by atoms with Crippen molar-refractivity contribution in [2.24, 2.45) is 0 Å². The summed E-state index contributed by atoms with van der Waals surface area (Å²) < 4.78 is 9.10. The molecule has 0 aliphatic carbocycles. The maximum atomic E-state index is 5.85. The maximum Gasteiger partial charge on any atom is 0.0738 e. The monoisotopic (exact) mass is 329 g/mol. The molecule has 0 amide bonds. The number of hydrogen-bond donors (Lipinski definition) is 1. The Balaban J connectivity index is 2.16. The van der Waals surface area contributed by atoms with Crippen molar-refractivity contribution in [1.29, 1.82) is 0 Å². The van der Waals surface area contributed by atoms with Gasteiger partial charge in [0.25, 0.3) is 0 Å². The Morgan fingerprint density at radius 1 is 1.53 bits per heavy atom. The quantitative estimate of drug-likeness (QED) is 0.872. The molecule has 0 bridgehead atoms. The summed E-state index contributed by atoms with van der Waals surface area (Å²) in [5, 5.41) is 8.14. The molecule has 2 unspecified atom stereocenters. The van der Waals surface area contributed by atoms with Gasteiger partial charge in [0.15, 0.2) is 0 Å². The van der Waals surface area contributed by atoms with Crippen LogP contribution in [0, 0.1) is 6.92 Å². The number of aryl methyl sites for hydroxylation is 2. The molecule has 1 aliphatic heterocycles. The normalized spacial score (nSPS) is 20.9. The molecule has 2 atom stereocenters. The molecular formula is C14H24BrN3O. The van der Waals surface area contributed by atoms with Gasteiger partial charge in [-0.3, -0.25) is 4.68 Å². The minimum Gasteiger partial charge on any atom is -0.377 e. The van der Waals surface area contributed by atoms with E-state index in [1.165, 1.54) is 12.1 Å². The van der Waals surface area contributed by atoms with Gasteiger partial charge in [0.05, 0.1) is 22.0 Å². The van der Waals surface area contributed by atoms with E-state index in [2.05, 4.69) is 44.9 Å². The first-order chi connectivity index (χ1) is 9.17. The van der Waals surface area contributed by atoms with Crippen molar-refractivity contribution in [2.45, 2.75) is 58.7 Å². The van der Waals surface area contributed by atoms with E-state index in [0.717, 1.165) is 42.7 Å². The third-order valence-corrected chi connectivity index (χ3v) is 4.78. The Hall–Kier alpha value is -0.390. The van der Waals surface area contributed by atoms with Gasteiger partial charge in [-0.15, -0.1) is 0 Å². The summed E-state index contributed by atoms with van der Waals surface area (Å²) >= 11 is 3.68. The van der Waals surface area contributed by atoms with E-state index in [9.17, 15) is 0 Å². The Bertz CT molecular complexity index is 413. The minimum atomic E-state index is 0.340. The van der Waals surface area contributed by atoms with Gasteiger partial charge in [-0.05, 0) is 49.2 Å². The second-order valence-electron chi connectivity index (χ2n) is 5.08. The molecule has 0 radical (unpaired) electrons. The average Bonchev–Trinajstić information content (AvgIpc) is 3.01. The molecule has 1 aromatic heterocycles. The van der Waals surface area contributed by atoms with Crippen LogP contribution in [0.3, 0.4) is 0 Å². The van der Waals surface area contributed by atoms with Crippen molar-refractivity contribution in [1.82, 2.24) is 15.1 Å². The summed E-state index contributed by atoms with van der Waals surface area (Å²) in [6, 6.07) is 0.380. The zero-order chi connectivity index (χ0) is 13.8. The summed E-state index contributed by atoms with van der Waals surface area (Å²) in [7, 11) is 0. The lowest BCUT2D eigenvalue weighted by Gasteiger charge is -2.24. The van der Waals surface area contributed by atoms with E-state index < -0.39 is 0 Å². The highest BCUT2D eigenvalue weighted by Gasteiger charge is 2.27. The fraction of sp³-hybridized carbons (Fsp3) is 0.786. The highest BCUT2D eigenvalue weighted by molar-refractivity contribution is 9.10. The molecule has 2 heterocycles. The number of likely N-dealkylation sites (N-methyl/N-ethyl adjacent to an activating group) is 1. The van der Waals surface area contributed by atoms with E-state index in [1.807, 2.05) is 6.92 Å². The maximum absolute atomic E-state index is 5.85. The lowest BCUT2D eigenvalue weighted by molar-refractivity contribution is 0.0782. The van der Waals surface area contributed by atoms with Crippen LogP contribution in [-0.4, -0.2) is 35.1 Å². The highest BCUT2D eigenvalue weighted by atomic mass is 79.9. The van der Waals surface area contributed by atoms with Crippen LogP contribution in [0.25, 0.3) is 0 Å². The van der Waals surface area contributed by atoms with Gasteiger partial charge in [0.2, 0.25) is 0 Å². The summed E-state index contributed by atoms with van der Waals surface area (Å²) in [4.78, 5) is 0. The Kier molecular flexibility index (Phi) is 5.42. The Labute approximate surface area is 124 Å². The van der Waals surface area contributed by atoms with Gasteiger partial charge in [0, 0.05) is 25.6 Å². The molecule has 1 saturated heterocycles. The van der Waals surface area contributed by atoms with Gasteiger partial charge in [-0.2, -0.15) is 5.10 Å². The summed E-state index contributed by atoms with van der Waals surface area (Å²) in [5.74, 6) is 0. The average molecular weight is 330 g/mol. The van der Waals surface area contributed by atoms with Gasteiger partial charge < -0.3 is 10.1 Å². The van der Waals surface area contributed by atoms with Crippen molar-refractivity contribution in [3.63, 3.8) is 0 Å². The molecule has 4 nitrogen and oxygen atoms in total. The lowest BCUT2D eigenvalue weighted by Crippen LogP contribution is -2.41. The second kappa shape index (κ2) is 6.86. The Morgan fingerprint density at radius 3 is 2.89 bits per heavy atom. The van der Waals surface area contributed by atoms with Crippen molar-refractivity contribution in [3.05, 3.63) is 15.9 Å². The molecule has 0 saturated carbocycles. The molecule has 1 aliphatic rings. The molecule has 1 N–H and O–H groups in total. The lowest BCUT2D eigenvalue weighted by atomic mass is 10.0. The van der Waals surface area contributed by atoms with E-state index in [-0.39, 0.29) is 0 Å². The number of nitrogens with zero attached hydrogens (tertiary/aromatic N) is 2. The molecule has 5 heteroatoms. The van der Waals surface area contributed by atoms with E-state index >= 15 is 0 Å². The number of hydrogen-bond acceptors (Lipinski definition) is 3. The SMILES string of the molecule is CCNC(Cc1c(Br)c(C)nn1CC)C1CCCO1. The van der Waals surface area contributed by atoms with E-state index in [4.69, 9.17) is 4.74 Å². The van der Waals surface area contributed by atoms with Crippen LogP contribution >= 0.6 is 15.9 Å². The molecule has 19 heavy (non-hydrogen) atoms. The van der Waals surface area contributed by atoms with Crippen molar-refractivity contribution in [3.8, 4) is 0 Å². The molecule has 2 rings (SSSR count). The zero-order valence-electron chi connectivity index (χ0n) is 12.1. The van der Waals surface area contributed by atoms with E-state index in [1.54, 1.807) is 0 Å². The first-order valence-electron chi connectivity index (χ1n) is 7.24. The first kappa shape index (κ1) is 15.0. The molecule has 0 spiro atoms. The highest BCUT2D eigenvalue weighted by Crippen LogP contribution is 2.25. The fourth-order valence-electron chi connectivity index (χ4n) is 2.79. The number of rotatable bonds is 6. The van der Waals surface area contributed by atoms with Crippen LogP contribution in [-0.2, 0) is 17.7 Å². The van der Waals surface area contributed by atoms with Crippen molar-refractivity contribution < 1.29 is 4.74 Å². The molecular weight excluding hydrogens is 306 g/mol. The number of halogens is 1. The summed E-state index contributed by atoms with van der Waals surface area (Å²) in [6.45, 7) is 9.12. The number of ether oxygens (including phenoxy) is 1.